The van der Waals surface area contributed by atoms with Gasteiger partial charge in [-0.15, -0.1) is 23.7 Å². The van der Waals surface area contributed by atoms with Crippen molar-refractivity contribution < 1.29 is 4.79 Å². The van der Waals surface area contributed by atoms with Crippen molar-refractivity contribution in [1.29, 1.82) is 0 Å². The molecule has 0 atom stereocenters. The van der Waals surface area contributed by atoms with Crippen LogP contribution >= 0.6 is 39.7 Å². The summed E-state index contributed by atoms with van der Waals surface area (Å²) in [6.45, 7) is 7.99. The molecule has 0 aliphatic rings. The first-order chi connectivity index (χ1) is 14.1. The number of thiazole rings is 1. The third-order valence-electron chi connectivity index (χ3n) is 4.88. The van der Waals surface area contributed by atoms with Crippen molar-refractivity contribution in [2.45, 2.75) is 20.3 Å². The number of rotatable bonds is 9. The Morgan fingerprint density at radius 3 is 2.30 bits per heavy atom. The molecule has 3 rings (SSSR count). The van der Waals surface area contributed by atoms with Crippen LogP contribution in [-0.4, -0.2) is 42.0 Å². The van der Waals surface area contributed by atoms with Gasteiger partial charge in [0.2, 0.25) is 0 Å². The fourth-order valence-corrected chi connectivity index (χ4v) is 4.28. The zero-order valence-corrected chi connectivity index (χ0v) is 20.5. The summed E-state index contributed by atoms with van der Waals surface area (Å²) in [4.78, 5) is 22.3. The molecule has 0 unspecified atom stereocenters. The number of halogens is 2. The molecule has 0 fully saturated rings. The summed E-state index contributed by atoms with van der Waals surface area (Å²) in [5.74, 6) is -0.00833. The first kappa shape index (κ1) is 24.5. The molecule has 0 saturated carbocycles. The zero-order chi connectivity index (χ0) is 20.6. The largest absolute Gasteiger partial charge is 0.304 e. The van der Waals surface area contributed by atoms with E-state index in [-0.39, 0.29) is 18.3 Å². The van der Waals surface area contributed by atoms with Gasteiger partial charge in [-0.05, 0) is 50.3 Å². The van der Waals surface area contributed by atoms with Gasteiger partial charge in [0, 0.05) is 27.5 Å². The Hall–Kier alpha value is -1.73. The molecule has 0 N–H and O–H groups in total. The third kappa shape index (κ3) is 6.38. The normalized spacial score (nSPS) is 10.7. The van der Waals surface area contributed by atoms with E-state index in [4.69, 9.17) is 4.98 Å². The molecule has 1 aromatic heterocycles. The lowest BCUT2D eigenvalue weighted by molar-refractivity contribution is 0.0985. The van der Waals surface area contributed by atoms with E-state index in [2.05, 4.69) is 34.7 Å². The minimum Gasteiger partial charge on any atom is -0.304 e. The van der Waals surface area contributed by atoms with E-state index < -0.39 is 0 Å². The maximum Gasteiger partial charge on any atom is 0.260 e. The van der Waals surface area contributed by atoms with Crippen LogP contribution in [0.5, 0.6) is 0 Å². The fourth-order valence-electron chi connectivity index (χ4n) is 3.15. The summed E-state index contributed by atoms with van der Waals surface area (Å²) in [7, 11) is 0. The number of carbonyl (C=O) groups is 1. The van der Waals surface area contributed by atoms with Gasteiger partial charge in [0.1, 0.15) is 0 Å². The monoisotopic (exact) mass is 507 g/mol. The fraction of sp³-hybridized carbons (Fsp3) is 0.304. The van der Waals surface area contributed by atoms with Crippen molar-refractivity contribution in [3.63, 3.8) is 0 Å². The number of aromatic nitrogens is 1. The predicted octanol–water partition coefficient (Wildman–Crippen LogP) is 6.37. The van der Waals surface area contributed by atoms with Crippen LogP contribution in [0, 0.1) is 0 Å². The van der Waals surface area contributed by atoms with Gasteiger partial charge in [-0.25, -0.2) is 4.98 Å². The second kappa shape index (κ2) is 12.2. The molecule has 4 nitrogen and oxygen atoms in total. The van der Waals surface area contributed by atoms with E-state index in [0.717, 1.165) is 46.9 Å². The molecule has 3 aromatic rings. The minimum absolute atomic E-state index is 0. The molecule has 7 heteroatoms. The van der Waals surface area contributed by atoms with E-state index in [0.29, 0.717) is 12.1 Å². The molecule has 30 heavy (non-hydrogen) atoms. The number of carbonyl (C=O) groups excluding carboxylic acids is 1. The van der Waals surface area contributed by atoms with Crippen LogP contribution in [-0.2, 0) is 0 Å². The molecule has 0 spiro atoms. The molecule has 2 aromatic carbocycles. The Morgan fingerprint density at radius 1 is 1.00 bits per heavy atom. The van der Waals surface area contributed by atoms with Gasteiger partial charge in [-0.2, -0.15) is 0 Å². The van der Waals surface area contributed by atoms with Gasteiger partial charge in [-0.3, -0.25) is 9.69 Å². The van der Waals surface area contributed by atoms with E-state index in [1.54, 1.807) is 0 Å². The molecule has 0 radical (unpaired) electrons. The van der Waals surface area contributed by atoms with E-state index in [9.17, 15) is 4.79 Å². The topological polar surface area (TPSA) is 36.4 Å². The Morgan fingerprint density at radius 2 is 1.67 bits per heavy atom. The second-order valence-corrected chi connectivity index (χ2v) is 8.48. The Labute approximate surface area is 197 Å². The number of hydrogen-bond acceptors (Lipinski definition) is 4. The third-order valence-corrected chi connectivity index (χ3v) is 6.27. The second-order valence-electron chi connectivity index (χ2n) is 6.73. The summed E-state index contributed by atoms with van der Waals surface area (Å²) < 4.78 is 0.961. The highest BCUT2D eigenvalue weighted by Gasteiger charge is 2.21. The lowest BCUT2D eigenvalue weighted by Gasteiger charge is -2.23. The average molecular weight is 509 g/mol. The van der Waals surface area contributed by atoms with Crippen molar-refractivity contribution in [2.75, 3.05) is 31.1 Å². The standard InChI is InChI=1S/C23H26BrN3OS.ClH/c1-3-26(4-2)15-8-16-27(22(28)19-11-13-20(24)14-12-19)23-25-21(17-29-23)18-9-6-5-7-10-18;/h5-7,9-14,17H,3-4,8,15-16H2,1-2H3;1H. The number of amides is 1. The van der Waals surface area contributed by atoms with Gasteiger partial charge < -0.3 is 4.90 Å². The van der Waals surface area contributed by atoms with Crippen LogP contribution in [0.1, 0.15) is 30.6 Å². The van der Waals surface area contributed by atoms with Crippen LogP contribution in [0.3, 0.4) is 0 Å². The lowest BCUT2D eigenvalue weighted by atomic mass is 10.2. The summed E-state index contributed by atoms with van der Waals surface area (Å²) >= 11 is 4.96. The molecule has 1 heterocycles. The first-order valence-electron chi connectivity index (χ1n) is 9.93. The minimum atomic E-state index is -0.00833. The zero-order valence-electron chi connectivity index (χ0n) is 17.3. The van der Waals surface area contributed by atoms with Crippen molar-refractivity contribution in [1.82, 2.24) is 9.88 Å². The van der Waals surface area contributed by atoms with Crippen LogP contribution < -0.4 is 4.90 Å². The summed E-state index contributed by atoms with van der Waals surface area (Å²) in [6, 6.07) is 17.6. The molecule has 0 aliphatic heterocycles. The Balaban J connectivity index is 0.00000320. The van der Waals surface area contributed by atoms with Gasteiger partial charge in [0.15, 0.2) is 5.13 Å². The van der Waals surface area contributed by atoms with Crippen molar-refractivity contribution in [3.8, 4) is 11.3 Å². The smallest absolute Gasteiger partial charge is 0.260 e. The maximum absolute atomic E-state index is 13.3. The summed E-state index contributed by atoms with van der Waals surface area (Å²) in [5, 5.41) is 2.77. The van der Waals surface area contributed by atoms with Crippen molar-refractivity contribution >= 4 is 50.7 Å². The molecule has 0 bridgehead atoms. The quantitative estimate of drug-likeness (QED) is 0.337. The molecular formula is C23H27BrClN3OS. The van der Waals surface area contributed by atoms with Gasteiger partial charge in [0.05, 0.1) is 5.69 Å². The van der Waals surface area contributed by atoms with Crippen molar-refractivity contribution in [3.05, 3.63) is 70.0 Å². The lowest BCUT2D eigenvalue weighted by Crippen LogP contribution is -2.34. The molecule has 160 valence electrons. The summed E-state index contributed by atoms with van der Waals surface area (Å²) in [6.07, 6.45) is 0.907. The average Bonchev–Trinajstić information content (AvgIpc) is 3.24. The first-order valence-corrected chi connectivity index (χ1v) is 11.6. The Kier molecular flexibility index (Phi) is 9.98. The molecule has 1 amide bonds. The van der Waals surface area contributed by atoms with E-state index >= 15 is 0 Å². The number of anilines is 1. The summed E-state index contributed by atoms with van der Waals surface area (Å²) in [5.41, 5.74) is 2.64. The maximum atomic E-state index is 13.3. The van der Waals surface area contributed by atoms with E-state index in [1.165, 1.54) is 11.3 Å². The van der Waals surface area contributed by atoms with Crippen LogP contribution in [0.2, 0.25) is 0 Å². The molecule has 0 saturated heterocycles. The highest BCUT2D eigenvalue weighted by molar-refractivity contribution is 9.10. The van der Waals surface area contributed by atoms with Crippen LogP contribution in [0.25, 0.3) is 11.3 Å². The number of benzene rings is 2. The predicted molar refractivity (Wildman–Crippen MR) is 133 cm³/mol. The van der Waals surface area contributed by atoms with Gasteiger partial charge in [0.25, 0.3) is 5.91 Å². The van der Waals surface area contributed by atoms with Gasteiger partial charge >= 0.3 is 0 Å². The molecule has 0 aliphatic carbocycles. The SMILES string of the molecule is CCN(CC)CCCN(C(=O)c1ccc(Br)cc1)c1nc(-c2ccccc2)cs1.Cl. The van der Waals surface area contributed by atoms with Crippen LogP contribution in [0.15, 0.2) is 64.5 Å². The number of nitrogens with zero attached hydrogens (tertiary/aromatic N) is 3. The highest BCUT2D eigenvalue weighted by atomic mass is 79.9. The van der Waals surface area contributed by atoms with Crippen LogP contribution in [0.4, 0.5) is 5.13 Å². The van der Waals surface area contributed by atoms with Crippen molar-refractivity contribution in [2.24, 2.45) is 0 Å². The van der Waals surface area contributed by atoms with E-state index in [1.807, 2.05) is 64.9 Å². The number of hydrogen-bond donors (Lipinski definition) is 0. The van der Waals surface area contributed by atoms with Gasteiger partial charge in [-0.1, -0.05) is 60.1 Å². The highest BCUT2D eigenvalue weighted by Crippen LogP contribution is 2.28. The molecular weight excluding hydrogens is 482 g/mol. The Bertz CT molecular complexity index is 914.